The van der Waals surface area contributed by atoms with Gasteiger partial charge >= 0.3 is 0 Å². The fourth-order valence-corrected chi connectivity index (χ4v) is 1.25. The molecule has 1 aromatic rings. The van der Waals surface area contributed by atoms with Crippen molar-refractivity contribution in [1.29, 1.82) is 0 Å². The number of aryl methyl sites for hydroxylation is 1. The van der Waals surface area contributed by atoms with Crippen molar-refractivity contribution in [3.8, 4) is 0 Å². The number of nitrogens with zero attached hydrogens (tertiary/aromatic N) is 2. The Morgan fingerprint density at radius 2 is 2.23 bits per heavy atom. The Balaban J connectivity index is 0.00000144. The molecular weight excluding hydrogens is 232 g/mol. The van der Waals surface area contributed by atoms with E-state index in [0.29, 0.717) is 0 Å². The van der Waals surface area contributed by atoms with Crippen LogP contribution in [0, 0.1) is 6.92 Å². The first kappa shape index (κ1) is 12.7. The lowest BCUT2D eigenvalue weighted by Crippen LogP contribution is -2.04. The lowest BCUT2D eigenvalue weighted by atomic mass is 10.1. The van der Waals surface area contributed by atoms with Gasteiger partial charge in [-0.15, -0.1) is 17.0 Å². The van der Waals surface area contributed by atoms with E-state index in [4.69, 9.17) is 0 Å². The average molecular weight is 249 g/mol. The van der Waals surface area contributed by atoms with E-state index in [0.717, 1.165) is 24.4 Å². The van der Waals surface area contributed by atoms with Gasteiger partial charge < -0.3 is 9.67 Å². The van der Waals surface area contributed by atoms with Crippen LogP contribution in [-0.2, 0) is 7.05 Å². The first-order chi connectivity index (χ1) is 5.66. The van der Waals surface area contributed by atoms with E-state index in [1.807, 2.05) is 18.5 Å². The Bertz CT molecular complexity index is 260. The average Bonchev–Trinajstić information content (AvgIpc) is 2.34. The molecule has 0 aliphatic carbocycles. The minimum atomic E-state index is -0.360. The third-order valence-electron chi connectivity index (χ3n) is 2.16. The van der Waals surface area contributed by atoms with E-state index in [1.54, 1.807) is 6.20 Å². The molecule has 0 fully saturated rings. The fourth-order valence-electron chi connectivity index (χ4n) is 1.25. The van der Waals surface area contributed by atoms with Gasteiger partial charge in [-0.25, -0.2) is 4.98 Å². The van der Waals surface area contributed by atoms with Crippen LogP contribution in [0.5, 0.6) is 0 Å². The van der Waals surface area contributed by atoms with Crippen LogP contribution < -0.4 is 0 Å². The maximum atomic E-state index is 9.65. The van der Waals surface area contributed by atoms with Gasteiger partial charge in [-0.05, 0) is 13.3 Å². The minimum Gasteiger partial charge on any atom is -0.387 e. The standard InChI is InChI=1S/C9H16N2O.BrH/c1-4-5-9(12)8-6-10-7(2)11(8)3;/h6,9,12H,4-5H2,1-3H3;1H. The largest absolute Gasteiger partial charge is 0.387 e. The van der Waals surface area contributed by atoms with E-state index in [1.165, 1.54) is 0 Å². The summed E-state index contributed by atoms with van der Waals surface area (Å²) in [5.74, 6) is 0.945. The van der Waals surface area contributed by atoms with E-state index in [-0.39, 0.29) is 23.1 Å². The van der Waals surface area contributed by atoms with Crippen molar-refractivity contribution in [2.24, 2.45) is 7.05 Å². The molecule has 1 atom stereocenters. The lowest BCUT2D eigenvalue weighted by Gasteiger charge is -2.09. The Labute approximate surface area is 89.6 Å². The van der Waals surface area contributed by atoms with E-state index >= 15 is 0 Å². The molecule has 0 amide bonds. The quantitative estimate of drug-likeness (QED) is 0.891. The maximum Gasteiger partial charge on any atom is 0.105 e. The van der Waals surface area contributed by atoms with Gasteiger partial charge in [-0.2, -0.15) is 0 Å². The Kier molecular flexibility index (Phi) is 5.25. The van der Waals surface area contributed by atoms with Gasteiger partial charge in [-0.3, -0.25) is 0 Å². The summed E-state index contributed by atoms with van der Waals surface area (Å²) in [7, 11) is 1.93. The van der Waals surface area contributed by atoms with Crippen LogP contribution in [0.1, 0.15) is 37.4 Å². The number of aliphatic hydroxyl groups is 1. The van der Waals surface area contributed by atoms with Gasteiger partial charge in [0.05, 0.1) is 18.0 Å². The predicted octanol–water partition coefficient (Wildman–Crippen LogP) is 2.14. The topological polar surface area (TPSA) is 38.1 Å². The van der Waals surface area contributed by atoms with Crippen molar-refractivity contribution in [2.45, 2.75) is 32.8 Å². The number of rotatable bonds is 3. The summed E-state index contributed by atoms with van der Waals surface area (Å²) in [4.78, 5) is 4.12. The second-order valence-corrected chi connectivity index (χ2v) is 3.09. The highest BCUT2D eigenvalue weighted by molar-refractivity contribution is 8.93. The molecule has 1 N–H and O–H groups in total. The van der Waals surface area contributed by atoms with Crippen LogP contribution in [0.4, 0.5) is 0 Å². The minimum absolute atomic E-state index is 0. The van der Waals surface area contributed by atoms with Crippen molar-refractivity contribution < 1.29 is 5.11 Å². The first-order valence-corrected chi connectivity index (χ1v) is 4.33. The molecule has 0 aliphatic rings. The van der Waals surface area contributed by atoms with E-state index in [9.17, 15) is 5.11 Å². The van der Waals surface area contributed by atoms with Crippen molar-refractivity contribution in [3.63, 3.8) is 0 Å². The molecule has 0 aromatic carbocycles. The third kappa shape index (κ3) is 2.81. The monoisotopic (exact) mass is 248 g/mol. The molecule has 76 valence electrons. The SMILES string of the molecule is Br.CCCC(O)c1cnc(C)n1C. The Hall–Kier alpha value is -0.350. The normalized spacial score (nSPS) is 12.3. The maximum absolute atomic E-state index is 9.65. The number of hydrogen-bond acceptors (Lipinski definition) is 2. The number of aliphatic hydroxyl groups excluding tert-OH is 1. The molecule has 13 heavy (non-hydrogen) atoms. The second kappa shape index (κ2) is 5.40. The van der Waals surface area contributed by atoms with Gasteiger partial charge in [0.1, 0.15) is 5.82 Å². The summed E-state index contributed by atoms with van der Waals surface area (Å²) in [6, 6.07) is 0. The number of aromatic nitrogens is 2. The zero-order valence-electron chi connectivity index (χ0n) is 8.32. The molecule has 0 spiro atoms. The van der Waals surface area contributed by atoms with Crippen LogP contribution in [0.25, 0.3) is 0 Å². The summed E-state index contributed by atoms with van der Waals surface area (Å²) in [5.41, 5.74) is 0.911. The van der Waals surface area contributed by atoms with Gasteiger partial charge in [0.15, 0.2) is 0 Å². The van der Waals surface area contributed by atoms with Gasteiger partial charge in [0.2, 0.25) is 0 Å². The fraction of sp³-hybridized carbons (Fsp3) is 0.667. The summed E-state index contributed by atoms with van der Waals surface area (Å²) in [6.45, 7) is 3.99. The zero-order chi connectivity index (χ0) is 9.14. The molecule has 1 heterocycles. The van der Waals surface area contributed by atoms with Gasteiger partial charge in [-0.1, -0.05) is 13.3 Å². The predicted molar refractivity (Wildman–Crippen MR) is 58.1 cm³/mol. The van der Waals surface area contributed by atoms with Gasteiger partial charge in [0.25, 0.3) is 0 Å². The molecule has 0 aliphatic heterocycles. The summed E-state index contributed by atoms with van der Waals surface area (Å²) >= 11 is 0. The Morgan fingerprint density at radius 1 is 1.62 bits per heavy atom. The highest BCUT2D eigenvalue weighted by Gasteiger charge is 2.11. The smallest absolute Gasteiger partial charge is 0.105 e. The zero-order valence-corrected chi connectivity index (χ0v) is 10.0. The molecule has 1 aromatic heterocycles. The van der Waals surface area contributed by atoms with Gasteiger partial charge in [0, 0.05) is 7.05 Å². The van der Waals surface area contributed by atoms with E-state index in [2.05, 4.69) is 11.9 Å². The molecule has 0 bridgehead atoms. The third-order valence-corrected chi connectivity index (χ3v) is 2.16. The Morgan fingerprint density at radius 3 is 2.62 bits per heavy atom. The summed E-state index contributed by atoms with van der Waals surface area (Å²) in [5, 5.41) is 9.65. The molecule has 1 unspecified atom stereocenters. The van der Waals surface area contributed by atoms with E-state index < -0.39 is 0 Å². The summed E-state index contributed by atoms with van der Waals surface area (Å²) in [6.07, 6.45) is 3.18. The number of halogens is 1. The van der Waals surface area contributed by atoms with Crippen LogP contribution in [0.2, 0.25) is 0 Å². The first-order valence-electron chi connectivity index (χ1n) is 4.33. The molecule has 3 nitrogen and oxygen atoms in total. The molecule has 1 rings (SSSR count). The molecule has 0 saturated carbocycles. The van der Waals surface area contributed by atoms with Crippen LogP contribution >= 0.6 is 17.0 Å². The lowest BCUT2D eigenvalue weighted by molar-refractivity contribution is 0.158. The van der Waals surface area contributed by atoms with Crippen molar-refractivity contribution in [3.05, 3.63) is 17.7 Å². The van der Waals surface area contributed by atoms with Crippen molar-refractivity contribution in [2.75, 3.05) is 0 Å². The van der Waals surface area contributed by atoms with Crippen molar-refractivity contribution >= 4 is 17.0 Å². The number of hydrogen-bond donors (Lipinski definition) is 1. The highest BCUT2D eigenvalue weighted by atomic mass is 79.9. The van der Waals surface area contributed by atoms with Crippen LogP contribution in [0.15, 0.2) is 6.20 Å². The number of imidazole rings is 1. The molecular formula is C9H17BrN2O. The molecule has 0 saturated heterocycles. The second-order valence-electron chi connectivity index (χ2n) is 3.09. The van der Waals surface area contributed by atoms with Crippen LogP contribution in [-0.4, -0.2) is 14.7 Å². The van der Waals surface area contributed by atoms with Crippen molar-refractivity contribution in [1.82, 2.24) is 9.55 Å². The molecule has 4 heteroatoms. The molecule has 0 radical (unpaired) electrons. The summed E-state index contributed by atoms with van der Waals surface area (Å²) < 4.78 is 1.93. The van der Waals surface area contributed by atoms with Crippen LogP contribution in [0.3, 0.4) is 0 Å². The highest BCUT2D eigenvalue weighted by Crippen LogP contribution is 2.17.